The van der Waals surface area contributed by atoms with Crippen molar-refractivity contribution in [3.63, 3.8) is 0 Å². The standard InChI is InChI=1S/C12H15FN4O2.ClH/c13-5-8(6-17-12(15)16)7-19-10-4-2-1-3-9(10)11(14)18;/h1-5H,6-7H2,(H2,14,18)(H4,15,16,17);1H/b8-5-;. The first-order valence-electron chi connectivity index (χ1n) is 5.42. The molecule has 0 fully saturated rings. The van der Waals surface area contributed by atoms with Crippen LogP contribution in [0.1, 0.15) is 10.4 Å². The first-order chi connectivity index (χ1) is 9.04. The lowest BCUT2D eigenvalue weighted by Crippen LogP contribution is -2.32. The van der Waals surface area contributed by atoms with E-state index < -0.39 is 5.91 Å². The molecule has 1 amide bonds. The van der Waals surface area contributed by atoms with E-state index in [0.29, 0.717) is 6.33 Å². The zero-order valence-corrected chi connectivity index (χ0v) is 11.4. The maximum atomic E-state index is 12.6. The number of halogens is 2. The predicted octanol–water partition coefficient (Wildman–Crippen LogP) is 0.923. The highest BCUT2D eigenvalue weighted by Crippen LogP contribution is 2.17. The van der Waals surface area contributed by atoms with Crippen LogP contribution in [0.4, 0.5) is 4.39 Å². The quantitative estimate of drug-likeness (QED) is 0.462. The fourth-order valence-electron chi connectivity index (χ4n) is 1.30. The van der Waals surface area contributed by atoms with Gasteiger partial charge in [-0.1, -0.05) is 12.1 Å². The Morgan fingerprint density at radius 3 is 2.60 bits per heavy atom. The van der Waals surface area contributed by atoms with E-state index in [-0.39, 0.29) is 48.4 Å². The van der Waals surface area contributed by atoms with Crippen LogP contribution >= 0.6 is 12.4 Å². The Bertz CT molecular complexity index is 508. The molecular formula is C12H16ClFN4O2. The minimum atomic E-state index is -0.622. The summed E-state index contributed by atoms with van der Waals surface area (Å²) < 4.78 is 17.9. The van der Waals surface area contributed by atoms with E-state index in [9.17, 15) is 9.18 Å². The van der Waals surface area contributed by atoms with Gasteiger partial charge in [-0.3, -0.25) is 10.2 Å². The number of carbonyl (C=O) groups is 1. The van der Waals surface area contributed by atoms with E-state index in [0.717, 1.165) is 0 Å². The Hall–Kier alpha value is -2.28. The molecule has 0 spiro atoms. The van der Waals surface area contributed by atoms with Gasteiger partial charge in [0.15, 0.2) is 5.96 Å². The second-order valence-electron chi connectivity index (χ2n) is 3.68. The molecule has 1 aromatic carbocycles. The summed E-state index contributed by atoms with van der Waals surface area (Å²) in [7, 11) is 0. The summed E-state index contributed by atoms with van der Waals surface area (Å²) >= 11 is 0. The van der Waals surface area contributed by atoms with E-state index in [1.54, 1.807) is 18.2 Å². The number of primary amides is 1. The van der Waals surface area contributed by atoms with Gasteiger partial charge in [-0.25, -0.2) is 4.39 Å². The molecule has 0 radical (unpaired) electrons. The Balaban J connectivity index is 0.00000361. The van der Waals surface area contributed by atoms with Crippen molar-refractivity contribution >= 4 is 24.3 Å². The smallest absolute Gasteiger partial charge is 0.252 e. The zero-order valence-electron chi connectivity index (χ0n) is 10.6. The van der Waals surface area contributed by atoms with Crippen LogP contribution in [0.25, 0.3) is 0 Å². The van der Waals surface area contributed by atoms with Crippen LogP contribution in [-0.2, 0) is 0 Å². The van der Waals surface area contributed by atoms with Gasteiger partial charge < -0.3 is 21.5 Å². The van der Waals surface area contributed by atoms with Crippen molar-refractivity contribution in [3.05, 3.63) is 41.7 Å². The molecule has 8 heteroatoms. The minimum absolute atomic E-state index is 0. The molecule has 0 aromatic heterocycles. The first kappa shape index (κ1) is 17.7. The lowest BCUT2D eigenvalue weighted by atomic mass is 10.2. The van der Waals surface area contributed by atoms with Crippen LogP contribution in [0.15, 0.2) is 36.2 Å². The summed E-state index contributed by atoms with van der Waals surface area (Å²) in [5.74, 6) is -0.614. The van der Waals surface area contributed by atoms with Crippen molar-refractivity contribution in [2.24, 2.45) is 11.5 Å². The van der Waals surface area contributed by atoms with Crippen molar-refractivity contribution < 1.29 is 13.9 Å². The number of para-hydroxylation sites is 1. The zero-order chi connectivity index (χ0) is 14.3. The van der Waals surface area contributed by atoms with Gasteiger partial charge in [0, 0.05) is 12.1 Å². The van der Waals surface area contributed by atoms with Gasteiger partial charge in [0.05, 0.1) is 11.9 Å². The summed E-state index contributed by atoms with van der Waals surface area (Å²) in [5.41, 5.74) is 10.7. The van der Waals surface area contributed by atoms with E-state index in [1.807, 2.05) is 0 Å². The lowest BCUT2D eigenvalue weighted by molar-refractivity contribution is 0.0997. The maximum Gasteiger partial charge on any atom is 0.252 e. The summed E-state index contributed by atoms with van der Waals surface area (Å²) in [6.07, 6.45) is 0.364. The SMILES string of the molecule is Cl.N=C(N)NC/C(=C/F)COc1ccccc1C(N)=O. The van der Waals surface area contributed by atoms with Crippen molar-refractivity contribution in [3.8, 4) is 5.75 Å². The molecule has 110 valence electrons. The lowest BCUT2D eigenvalue weighted by Gasteiger charge is -2.11. The van der Waals surface area contributed by atoms with Crippen molar-refractivity contribution in [2.75, 3.05) is 13.2 Å². The number of rotatable bonds is 6. The van der Waals surface area contributed by atoms with Crippen LogP contribution in [-0.4, -0.2) is 25.0 Å². The highest BCUT2D eigenvalue weighted by molar-refractivity contribution is 5.95. The molecule has 0 aliphatic rings. The molecule has 0 saturated carbocycles. The average molecular weight is 303 g/mol. The van der Waals surface area contributed by atoms with Crippen molar-refractivity contribution in [2.45, 2.75) is 0 Å². The average Bonchev–Trinajstić information content (AvgIpc) is 2.39. The molecule has 20 heavy (non-hydrogen) atoms. The molecule has 6 N–H and O–H groups in total. The predicted molar refractivity (Wildman–Crippen MR) is 76.8 cm³/mol. The maximum absolute atomic E-state index is 12.6. The summed E-state index contributed by atoms with van der Waals surface area (Å²) in [5, 5.41) is 9.42. The summed E-state index contributed by atoms with van der Waals surface area (Å²) in [6, 6.07) is 6.41. The van der Waals surface area contributed by atoms with Crippen molar-refractivity contribution in [1.82, 2.24) is 5.32 Å². The van der Waals surface area contributed by atoms with Crippen LogP contribution in [0.5, 0.6) is 5.75 Å². The summed E-state index contributed by atoms with van der Waals surface area (Å²) in [6.45, 7) is -0.0361. The highest BCUT2D eigenvalue weighted by atomic mass is 35.5. The fourth-order valence-corrected chi connectivity index (χ4v) is 1.30. The molecular weight excluding hydrogens is 287 g/mol. The Labute approximate surface area is 121 Å². The minimum Gasteiger partial charge on any atom is -0.488 e. The molecule has 0 aliphatic carbocycles. The van der Waals surface area contributed by atoms with Gasteiger partial charge in [-0.2, -0.15) is 0 Å². The Kier molecular flexibility index (Phi) is 7.76. The molecule has 0 saturated heterocycles. The Morgan fingerprint density at radius 1 is 1.40 bits per heavy atom. The summed E-state index contributed by atoms with van der Waals surface area (Å²) in [4.78, 5) is 11.1. The third-order valence-corrected chi connectivity index (χ3v) is 2.23. The molecule has 0 unspecified atom stereocenters. The number of hydrogen-bond acceptors (Lipinski definition) is 3. The van der Waals surface area contributed by atoms with Gasteiger partial charge in [-0.05, 0) is 12.1 Å². The number of carbonyl (C=O) groups excluding carboxylic acids is 1. The van der Waals surface area contributed by atoms with E-state index in [2.05, 4.69) is 5.32 Å². The Morgan fingerprint density at radius 2 is 2.05 bits per heavy atom. The fraction of sp³-hybridized carbons (Fsp3) is 0.167. The largest absolute Gasteiger partial charge is 0.488 e. The number of hydrogen-bond donors (Lipinski definition) is 4. The molecule has 0 heterocycles. The van der Waals surface area contributed by atoms with E-state index in [1.165, 1.54) is 6.07 Å². The van der Waals surface area contributed by atoms with Crippen LogP contribution < -0.4 is 21.5 Å². The second kappa shape index (κ2) is 8.76. The molecule has 0 atom stereocenters. The molecule has 0 bridgehead atoms. The number of ether oxygens (including phenoxy) is 1. The molecule has 1 rings (SSSR count). The first-order valence-corrected chi connectivity index (χ1v) is 5.42. The third-order valence-electron chi connectivity index (χ3n) is 2.23. The second-order valence-corrected chi connectivity index (χ2v) is 3.68. The van der Waals surface area contributed by atoms with Gasteiger partial charge >= 0.3 is 0 Å². The van der Waals surface area contributed by atoms with Crippen LogP contribution in [0, 0.1) is 5.41 Å². The van der Waals surface area contributed by atoms with Crippen LogP contribution in [0.3, 0.4) is 0 Å². The topological polar surface area (TPSA) is 114 Å². The van der Waals surface area contributed by atoms with Crippen molar-refractivity contribution in [1.29, 1.82) is 5.41 Å². The normalized spacial score (nSPS) is 10.3. The molecule has 0 aliphatic heterocycles. The monoisotopic (exact) mass is 302 g/mol. The number of nitrogens with two attached hydrogens (primary N) is 2. The van der Waals surface area contributed by atoms with E-state index >= 15 is 0 Å². The number of benzene rings is 1. The number of amides is 1. The van der Waals surface area contributed by atoms with Crippen LogP contribution in [0.2, 0.25) is 0 Å². The van der Waals surface area contributed by atoms with Gasteiger partial charge in [0.25, 0.3) is 5.91 Å². The highest BCUT2D eigenvalue weighted by Gasteiger charge is 2.09. The van der Waals surface area contributed by atoms with Gasteiger partial charge in [-0.15, -0.1) is 12.4 Å². The molecule has 1 aromatic rings. The number of guanidine groups is 1. The molecule has 6 nitrogen and oxygen atoms in total. The third kappa shape index (κ3) is 5.57. The van der Waals surface area contributed by atoms with E-state index in [4.69, 9.17) is 21.6 Å². The number of nitrogens with one attached hydrogen (secondary N) is 2. The van der Waals surface area contributed by atoms with Gasteiger partial charge in [0.2, 0.25) is 0 Å². The van der Waals surface area contributed by atoms with Gasteiger partial charge in [0.1, 0.15) is 12.4 Å².